The normalized spacial score (nSPS) is 19.7. The van der Waals surface area contributed by atoms with E-state index in [0.717, 1.165) is 17.7 Å². The van der Waals surface area contributed by atoms with Gasteiger partial charge in [-0.25, -0.2) is 0 Å². The molecule has 3 aliphatic carbocycles. The minimum atomic E-state index is -0.504. The highest BCUT2D eigenvalue weighted by molar-refractivity contribution is 8.00. The Balaban J connectivity index is 0.00000215. The van der Waals surface area contributed by atoms with Gasteiger partial charge >= 0.3 is 0 Å². The Labute approximate surface area is 349 Å². The van der Waals surface area contributed by atoms with E-state index in [1.807, 2.05) is 31.7 Å². The molecule has 4 aliphatic rings. The van der Waals surface area contributed by atoms with E-state index >= 15 is 0 Å². The Morgan fingerprint density at radius 1 is 0.621 bits per heavy atom. The molecule has 1 spiro atoms. The van der Waals surface area contributed by atoms with E-state index in [4.69, 9.17) is 6.58 Å². The Bertz CT molecular complexity index is 2700. The third kappa shape index (κ3) is 6.19. The fourth-order valence-electron chi connectivity index (χ4n) is 9.46. The van der Waals surface area contributed by atoms with Crippen LogP contribution in [-0.4, -0.2) is 0 Å². The third-order valence-corrected chi connectivity index (χ3v) is 13.8. The molecular formula is C56H49NS. The number of fused-ring (bicyclic) bond motifs is 8. The smallest absolute Gasteiger partial charge is 0.0972 e. The van der Waals surface area contributed by atoms with Gasteiger partial charge in [0.2, 0.25) is 0 Å². The van der Waals surface area contributed by atoms with Gasteiger partial charge in [-0.3, -0.25) is 0 Å². The van der Waals surface area contributed by atoms with Crippen LogP contribution in [0.15, 0.2) is 205 Å². The van der Waals surface area contributed by atoms with Gasteiger partial charge in [0.15, 0.2) is 0 Å². The molecule has 6 aromatic rings. The van der Waals surface area contributed by atoms with Gasteiger partial charge in [-0.1, -0.05) is 192 Å². The number of anilines is 1. The van der Waals surface area contributed by atoms with Gasteiger partial charge in [-0.05, 0) is 109 Å². The Morgan fingerprint density at radius 3 is 1.97 bits per heavy atom. The van der Waals surface area contributed by atoms with Crippen LogP contribution in [0, 0.1) is 0 Å². The summed E-state index contributed by atoms with van der Waals surface area (Å²) in [5, 5.41) is 3.54. The number of benzene rings is 6. The molecule has 10 rings (SSSR count). The lowest BCUT2D eigenvalue weighted by molar-refractivity contribution is 0.648. The van der Waals surface area contributed by atoms with Gasteiger partial charge in [0.1, 0.15) is 0 Å². The van der Waals surface area contributed by atoms with Crippen LogP contribution in [0.4, 0.5) is 5.69 Å². The fraction of sp³-hybridized carbons (Fsp3) is 0.143. The summed E-state index contributed by atoms with van der Waals surface area (Å²) < 4.78 is -0.504. The SMILES string of the molecule is C=C1c2ccccc2SC2(C(/C=C\c3ccc(C4C=C5C(=CC4)c4ccccc4C5(C)C)cc3)=C(/C=C/Nc3ccccc3)c3ccccc32)c2ccccc21.CC. The van der Waals surface area contributed by atoms with E-state index in [-0.39, 0.29) is 5.41 Å². The molecule has 0 radical (unpaired) electrons. The van der Waals surface area contributed by atoms with Crippen LogP contribution in [0.25, 0.3) is 22.8 Å². The highest BCUT2D eigenvalue weighted by Crippen LogP contribution is 2.63. The van der Waals surface area contributed by atoms with Crippen molar-refractivity contribution in [1.29, 1.82) is 0 Å². The van der Waals surface area contributed by atoms with Crippen molar-refractivity contribution in [1.82, 2.24) is 0 Å². The topological polar surface area (TPSA) is 12.0 Å². The number of thioether (sulfide) groups is 1. The van der Waals surface area contributed by atoms with E-state index in [1.165, 1.54) is 77.3 Å². The number of allylic oxidation sites excluding steroid dienone is 7. The van der Waals surface area contributed by atoms with E-state index in [1.54, 1.807) is 0 Å². The largest absolute Gasteiger partial charge is 0.362 e. The molecule has 2 heteroatoms. The molecule has 0 bridgehead atoms. The first kappa shape index (κ1) is 37.5. The molecule has 2 unspecified atom stereocenters. The number of para-hydroxylation sites is 1. The predicted molar refractivity (Wildman–Crippen MR) is 250 cm³/mol. The highest BCUT2D eigenvalue weighted by Gasteiger charge is 2.49. The van der Waals surface area contributed by atoms with Crippen molar-refractivity contribution in [2.24, 2.45) is 0 Å². The average Bonchev–Trinajstić information content (AvgIpc) is 3.63. The summed E-state index contributed by atoms with van der Waals surface area (Å²) in [5.74, 6) is 0.358. The monoisotopic (exact) mass is 767 g/mol. The molecule has 0 saturated carbocycles. The summed E-state index contributed by atoms with van der Waals surface area (Å²) in [4.78, 5) is 1.23. The maximum absolute atomic E-state index is 4.69. The molecule has 0 saturated heterocycles. The lowest BCUT2D eigenvalue weighted by Gasteiger charge is -2.33. The second-order valence-electron chi connectivity index (χ2n) is 15.7. The van der Waals surface area contributed by atoms with Crippen molar-refractivity contribution < 1.29 is 0 Å². The molecule has 0 aromatic heterocycles. The van der Waals surface area contributed by atoms with Gasteiger partial charge in [0, 0.05) is 28.1 Å². The standard InChI is InChI=1S/C54H43NS.C2H6/c1-36-41-17-7-12-22-48(41)54(56-52-24-14-10-18-42(36)52)49-23-13-9-20-44(49)46(33-34-55-40-15-5-4-6-16-40)50(54)32-27-37-25-28-38(29-26-37)39-30-31-45-43-19-8-11-21-47(43)53(2,3)51(45)35-39;1-2/h4-29,31-35,39,55H,1,30H2,2-3H3;1-2H3/b32-27-,34-33+;. The molecule has 1 heterocycles. The highest BCUT2D eigenvalue weighted by atomic mass is 32.2. The fourth-order valence-corrected chi connectivity index (χ4v) is 11.1. The van der Waals surface area contributed by atoms with Gasteiger partial charge in [-0.15, -0.1) is 11.8 Å². The first-order chi connectivity index (χ1) is 28.4. The van der Waals surface area contributed by atoms with Crippen LogP contribution in [0.2, 0.25) is 0 Å². The van der Waals surface area contributed by atoms with Crippen LogP contribution in [-0.2, 0) is 10.2 Å². The van der Waals surface area contributed by atoms with E-state index in [9.17, 15) is 0 Å². The molecular weight excluding hydrogens is 719 g/mol. The molecule has 0 amide bonds. The lowest BCUT2D eigenvalue weighted by Crippen LogP contribution is -2.24. The number of rotatable bonds is 6. The molecule has 284 valence electrons. The summed E-state index contributed by atoms with van der Waals surface area (Å²) in [6.45, 7) is 13.4. The van der Waals surface area contributed by atoms with Crippen LogP contribution in [0.3, 0.4) is 0 Å². The first-order valence-corrected chi connectivity index (χ1v) is 21.5. The zero-order valence-electron chi connectivity index (χ0n) is 33.8. The van der Waals surface area contributed by atoms with E-state index < -0.39 is 4.75 Å². The van der Waals surface area contributed by atoms with Crippen LogP contribution in [0.1, 0.15) is 90.1 Å². The van der Waals surface area contributed by atoms with E-state index in [2.05, 4.69) is 201 Å². The van der Waals surface area contributed by atoms with Crippen LogP contribution < -0.4 is 5.32 Å². The van der Waals surface area contributed by atoms with Gasteiger partial charge in [-0.2, -0.15) is 0 Å². The molecule has 1 nitrogen and oxygen atoms in total. The predicted octanol–water partition coefficient (Wildman–Crippen LogP) is 15.0. The molecule has 6 aromatic carbocycles. The minimum Gasteiger partial charge on any atom is -0.362 e. The van der Waals surface area contributed by atoms with Crippen LogP contribution in [0.5, 0.6) is 0 Å². The molecule has 58 heavy (non-hydrogen) atoms. The summed E-state index contributed by atoms with van der Waals surface area (Å²) in [5.41, 5.74) is 19.1. The summed E-state index contributed by atoms with van der Waals surface area (Å²) >= 11 is 1.94. The quantitative estimate of drug-likeness (QED) is 0.181. The molecule has 0 fully saturated rings. The second kappa shape index (κ2) is 15.3. The van der Waals surface area contributed by atoms with Crippen molar-refractivity contribution in [3.8, 4) is 0 Å². The van der Waals surface area contributed by atoms with E-state index in [0.29, 0.717) is 5.92 Å². The molecule has 1 N–H and O–H groups in total. The zero-order chi connectivity index (χ0) is 39.9. The second-order valence-corrected chi connectivity index (χ2v) is 17.0. The number of hydrogen-bond donors (Lipinski definition) is 1. The Hall–Kier alpha value is -6.09. The van der Waals surface area contributed by atoms with Gasteiger partial charge in [0.05, 0.1) is 4.75 Å². The number of nitrogens with one attached hydrogen (secondary N) is 1. The molecule has 2 atom stereocenters. The van der Waals surface area contributed by atoms with Crippen molar-refractivity contribution in [3.05, 3.63) is 250 Å². The summed E-state index contributed by atoms with van der Waals surface area (Å²) in [7, 11) is 0. The molecule has 1 aliphatic heterocycles. The average molecular weight is 768 g/mol. The van der Waals surface area contributed by atoms with Crippen molar-refractivity contribution >= 4 is 40.2 Å². The van der Waals surface area contributed by atoms with Crippen molar-refractivity contribution in [3.63, 3.8) is 0 Å². The van der Waals surface area contributed by atoms with Crippen molar-refractivity contribution in [2.75, 3.05) is 5.32 Å². The first-order valence-electron chi connectivity index (χ1n) is 20.6. The Kier molecular flexibility index (Phi) is 9.92. The zero-order valence-corrected chi connectivity index (χ0v) is 34.6. The third-order valence-electron chi connectivity index (χ3n) is 12.3. The summed E-state index contributed by atoms with van der Waals surface area (Å²) in [6.07, 6.45) is 15.1. The number of hydrogen-bond acceptors (Lipinski definition) is 2. The maximum Gasteiger partial charge on any atom is 0.0972 e. The van der Waals surface area contributed by atoms with Gasteiger partial charge in [0.25, 0.3) is 0 Å². The Morgan fingerprint density at radius 2 is 1.22 bits per heavy atom. The minimum absolute atomic E-state index is 0.0105. The van der Waals surface area contributed by atoms with Crippen LogP contribution >= 0.6 is 11.8 Å². The summed E-state index contributed by atoms with van der Waals surface area (Å²) in [6, 6.07) is 55.2. The van der Waals surface area contributed by atoms with Crippen molar-refractivity contribution in [2.45, 2.75) is 55.1 Å². The lowest BCUT2D eigenvalue weighted by atomic mass is 9.77. The maximum atomic E-state index is 4.69. The van der Waals surface area contributed by atoms with Gasteiger partial charge < -0.3 is 5.32 Å².